The zero-order valence-electron chi connectivity index (χ0n) is 10.1. The summed E-state index contributed by atoms with van der Waals surface area (Å²) < 4.78 is 0. The van der Waals surface area contributed by atoms with E-state index in [1.54, 1.807) is 24.3 Å². The van der Waals surface area contributed by atoms with E-state index in [0.29, 0.717) is 26.7 Å². The van der Waals surface area contributed by atoms with Gasteiger partial charge in [0.1, 0.15) is 11.0 Å². The minimum Gasteiger partial charge on any atom is -0.399 e. The topological polar surface area (TPSA) is 50.9 Å². The number of nitrogens with one attached hydrogen (secondary N) is 1. The van der Waals surface area contributed by atoms with Gasteiger partial charge in [0.15, 0.2) is 0 Å². The van der Waals surface area contributed by atoms with Crippen molar-refractivity contribution in [2.75, 3.05) is 11.1 Å². The van der Waals surface area contributed by atoms with Crippen LogP contribution in [0.4, 0.5) is 11.5 Å². The van der Waals surface area contributed by atoms with Gasteiger partial charge in [0.05, 0.1) is 6.04 Å². The van der Waals surface area contributed by atoms with Crippen molar-refractivity contribution in [1.29, 1.82) is 0 Å². The van der Waals surface area contributed by atoms with Crippen LogP contribution in [0.2, 0.25) is 15.2 Å². The Hall–Kier alpha value is -1.16. The number of hydrogen-bond donors (Lipinski definition) is 2. The number of hydrogen-bond acceptors (Lipinski definition) is 3. The van der Waals surface area contributed by atoms with E-state index in [4.69, 9.17) is 40.5 Å². The fourth-order valence-corrected chi connectivity index (χ4v) is 2.53. The summed E-state index contributed by atoms with van der Waals surface area (Å²) >= 11 is 17.9. The number of nitrogen functional groups attached to an aromatic ring is 1. The summed E-state index contributed by atoms with van der Waals surface area (Å²) in [5, 5.41) is 4.74. The Morgan fingerprint density at radius 3 is 2.53 bits per heavy atom. The molecule has 6 heteroatoms. The zero-order valence-corrected chi connectivity index (χ0v) is 12.4. The predicted octanol–water partition coefficient (Wildman–Crippen LogP) is 4.80. The first-order chi connectivity index (χ1) is 8.95. The molecule has 2 rings (SSSR count). The van der Waals surface area contributed by atoms with E-state index >= 15 is 0 Å². The monoisotopic (exact) mass is 315 g/mol. The average Bonchev–Trinajstić information content (AvgIpc) is 2.26. The molecular weight excluding hydrogens is 305 g/mol. The van der Waals surface area contributed by atoms with Gasteiger partial charge in [0, 0.05) is 21.8 Å². The average molecular weight is 317 g/mol. The Morgan fingerprint density at radius 1 is 1.16 bits per heavy atom. The molecule has 19 heavy (non-hydrogen) atoms. The maximum Gasteiger partial charge on any atom is 0.133 e. The summed E-state index contributed by atoms with van der Waals surface area (Å²) in [6.45, 7) is 1.97. The molecule has 0 fully saturated rings. The Balaban J connectivity index is 2.22. The highest BCUT2D eigenvalue weighted by molar-refractivity contribution is 6.35. The summed E-state index contributed by atoms with van der Waals surface area (Å²) in [6.07, 6.45) is 0. The molecule has 1 unspecified atom stereocenters. The van der Waals surface area contributed by atoms with Crippen LogP contribution in [0.25, 0.3) is 0 Å². The van der Waals surface area contributed by atoms with Gasteiger partial charge in [0.2, 0.25) is 0 Å². The second-order valence-corrected chi connectivity index (χ2v) is 5.37. The molecule has 1 aromatic carbocycles. The lowest BCUT2D eigenvalue weighted by Crippen LogP contribution is -2.09. The van der Waals surface area contributed by atoms with Crippen molar-refractivity contribution in [2.24, 2.45) is 0 Å². The van der Waals surface area contributed by atoms with Gasteiger partial charge in [-0.25, -0.2) is 4.98 Å². The van der Waals surface area contributed by atoms with E-state index < -0.39 is 0 Å². The number of anilines is 2. The SMILES string of the molecule is CC(Nc1cc(N)cc(Cl)n1)c1ccc(Cl)cc1Cl. The number of pyridine rings is 1. The van der Waals surface area contributed by atoms with Crippen LogP contribution in [-0.2, 0) is 0 Å². The van der Waals surface area contributed by atoms with Gasteiger partial charge in [-0.3, -0.25) is 0 Å². The van der Waals surface area contributed by atoms with Crippen LogP contribution in [0.3, 0.4) is 0 Å². The molecule has 2 aromatic rings. The molecule has 1 heterocycles. The molecule has 0 saturated heterocycles. The van der Waals surface area contributed by atoms with Crippen molar-refractivity contribution in [3.05, 3.63) is 51.1 Å². The van der Waals surface area contributed by atoms with Crippen LogP contribution < -0.4 is 11.1 Å². The molecule has 0 aliphatic heterocycles. The number of rotatable bonds is 3. The summed E-state index contributed by atoms with van der Waals surface area (Å²) in [7, 11) is 0. The minimum atomic E-state index is -0.0462. The van der Waals surface area contributed by atoms with E-state index in [2.05, 4.69) is 10.3 Å². The molecule has 0 spiro atoms. The third kappa shape index (κ3) is 3.66. The van der Waals surface area contributed by atoms with Gasteiger partial charge in [-0.15, -0.1) is 0 Å². The molecule has 100 valence electrons. The maximum absolute atomic E-state index is 6.16. The molecule has 0 radical (unpaired) electrons. The summed E-state index contributed by atoms with van der Waals surface area (Å²) in [5.41, 5.74) is 7.19. The predicted molar refractivity (Wildman–Crippen MR) is 82.2 cm³/mol. The molecule has 0 saturated carbocycles. The molecule has 0 amide bonds. The van der Waals surface area contributed by atoms with Crippen molar-refractivity contribution in [1.82, 2.24) is 4.98 Å². The molecule has 1 aromatic heterocycles. The van der Waals surface area contributed by atoms with Crippen LogP contribution in [0.15, 0.2) is 30.3 Å². The van der Waals surface area contributed by atoms with E-state index in [1.165, 1.54) is 0 Å². The van der Waals surface area contributed by atoms with Crippen LogP contribution in [-0.4, -0.2) is 4.98 Å². The van der Waals surface area contributed by atoms with Crippen molar-refractivity contribution in [3.8, 4) is 0 Å². The molecule has 0 aliphatic carbocycles. The molecule has 3 N–H and O–H groups in total. The first-order valence-corrected chi connectivity index (χ1v) is 6.73. The van der Waals surface area contributed by atoms with Crippen molar-refractivity contribution in [3.63, 3.8) is 0 Å². The fraction of sp³-hybridized carbons (Fsp3) is 0.154. The Labute approximate surface area is 126 Å². The highest BCUT2D eigenvalue weighted by atomic mass is 35.5. The molecule has 0 aliphatic rings. The Morgan fingerprint density at radius 2 is 1.89 bits per heavy atom. The summed E-state index contributed by atoms with van der Waals surface area (Å²) in [6, 6.07) is 8.63. The number of benzene rings is 1. The number of nitrogens with zero attached hydrogens (tertiary/aromatic N) is 1. The molecule has 3 nitrogen and oxygen atoms in total. The molecule has 1 atom stereocenters. The van der Waals surface area contributed by atoms with E-state index in [0.717, 1.165) is 5.56 Å². The smallest absolute Gasteiger partial charge is 0.133 e. The number of halogens is 3. The van der Waals surface area contributed by atoms with E-state index in [1.807, 2.05) is 13.0 Å². The highest BCUT2D eigenvalue weighted by Gasteiger charge is 2.11. The summed E-state index contributed by atoms with van der Waals surface area (Å²) in [5.74, 6) is 0.600. The lowest BCUT2D eigenvalue weighted by atomic mass is 10.1. The second-order valence-electron chi connectivity index (χ2n) is 4.14. The van der Waals surface area contributed by atoms with Crippen LogP contribution in [0.1, 0.15) is 18.5 Å². The van der Waals surface area contributed by atoms with Gasteiger partial charge < -0.3 is 11.1 Å². The van der Waals surface area contributed by atoms with Crippen LogP contribution in [0.5, 0.6) is 0 Å². The molecule has 0 bridgehead atoms. The number of aromatic nitrogens is 1. The van der Waals surface area contributed by atoms with Gasteiger partial charge >= 0.3 is 0 Å². The quantitative estimate of drug-likeness (QED) is 0.800. The highest BCUT2D eigenvalue weighted by Crippen LogP contribution is 2.28. The molecular formula is C13H12Cl3N3. The van der Waals surface area contributed by atoms with Crippen LogP contribution in [0, 0.1) is 0 Å². The Bertz CT molecular complexity index is 581. The minimum absolute atomic E-state index is 0.0462. The standard InChI is InChI=1S/C13H12Cl3N3/c1-7(10-3-2-8(14)4-11(10)15)18-13-6-9(17)5-12(16)19-13/h2-7H,1H3,(H3,17,18,19). The summed E-state index contributed by atoms with van der Waals surface area (Å²) in [4.78, 5) is 4.15. The largest absolute Gasteiger partial charge is 0.399 e. The second kappa shape index (κ2) is 5.87. The van der Waals surface area contributed by atoms with Crippen molar-refractivity contribution < 1.29 is 0 Å². The maximum atomic E-state index is 6.16. The third-order valence-corrected chi connectivity index (χ3v) is 3.37. The van der Waals surface area contributed by atoms with Crippen LogP contribution >= 0.6 is 34.8 Å². The lowest BCUT2D eigenvalue weighted by Gasteiger charge is -2.17. The van der Waals surface area contributed by atoms with Gasteiger partial charge in [-0.05, 0) is 30.7 Å². The zero-order chi connectivity index (χ0) is 14.0. The van der Waals surface area contributed by atoms with Crippen molar-refractivity contribution >= 4 is 46.3 Å². The van der Waals surface area contributed by atoms with E-state index in [9.17, 15) is 0 Å². The van der Waals surface area contributed by atoms with Crippen molar-refractivity contribution in [2.45, 2.75) is 13.0 Å². The first-order valence-electron chi connectivity index (χ1n) is 5.60. The normalized spacial score (nSPS) is 12.2. The van der Waals surface area contributed by atoms with E-state index in [-0.39, 0.29) is 6.04 Å². The third-order valence-electron chi connectivity index (χ3n) is 2.61. The van der Waals surface area contributed by atoms with Gasteiger partial charge in [0.25, 0.3) is 0 Å². The van der Waals surface area contributed by atoms with Gasteiger partial charge in [-0.2, -0.15) is 0 Å². The Kier molecular flexibility index (Phi) is 4.40. The van der Waals surface area contributed by atoms with Gasteiger partial charge in [-0.1, -0.05) is 40.9 Å². The number of nitrogens with two attached hydrogens (primary N) is 1. The fourth-order valence-electron chi connectivity index (χ4n) is 1.74. The lowest BCUT2D eigenvalue weighted by molar-refractivity contribution is 0.875. The first kappa shape index (κ1) is 14.3.